The molecule has 4 rings (SSSR count). The first-order valence-corrected chi connectivity index (χ1v) is 9.08. The minimum absolute atomic E-state index is 0. The summed E-state index contributed by atoms with van der Waals surface area (Å²) in [5, 5.41) is 8.79. The summed E-state index contributed by atoms with van der Waals surface area (Å²) in [7, 11) is 0. The average molecular weight is 402 g/mol. The molecule has 1 heterocycles. The molecule has 1 aliphatic heterocycles. The molecule has 1 spiro atoms. The Morgan fingerprint density at radius 2 is 1.96 bits per heavy atom. The van der Waals surface area contributed by atoms with Gasteiger partial charge in [-0.25, -0.2) is 9.87 Å². The van der Waals surface area contributed by atoms with Gasteiger partial charge in [0.25, 0.3) is 5.91 Å². The number of hydrogen-bond donors (Lipinski definition) is 2. The Labute approximate surface area is 170 Å². The molecular weight excluding hydrogens is 379 g/mol. The van der Waals surface area contributed by atoms with Gasteiger partial charge in [-0.15, -0.1) is 0 Å². The van der Waals surface area contributed by atoms with Crippen LogP contribution in [0.5, 0.6) is 0 Å². The van der Waals surface area contributed by atoms with E-state index in [1.165, 1.54) is 6.07 Å². The smallest absolute Gasteiger partial charge is 0.274 e. The molecule has 2 amide bonds. The first kappa shape index (κ1) is 20.4. The maximum Gasteiger partial charge on any atom is 0.274 e. The van der Waals surface area contributed by atoms with Crippen molar-refractivity contribution in [2.24, 2.45) is 5.41 Å². The molecule has 1 aliphatic carbocycles. The fraction of sp³-hybridized carbons (Fsp3) is 0.333. The van der Waals surface area contributed by atoms with Gasteiger partial charge < -0.3 is 4.90 Å². The largest absolute Gasteiger partial charge is 0.309 e. The molecule has 2 aromatic carbocycles. The summed E-state index contributed by atoms with van der Waals surface area (Å²) in [4.78, 5) is 26.4. The number of halogens is 1. The molecule has 0 unspecified atom stereocenters. The Morgan fingerprint density at radius 3 is 2.71 bits per heavy atom. The second-order valence-electron chi connectivity index (χ2n) is 7.54. The van der Waals surface area contributed by atoms with Gasteiger partial charge in [0.05, 0.1) is 11.1 Å². The number of nitrogens with one attached hydrogen (secondary N) is 1. The molecule has 148 valence electrons. The average Bonchev–Trinajstić information content (AvgIpc) is 2.98. The van der Waals surface area contributed by atoms with Crippen LogP contribution in [0.2, 0.25) is 0 Å². The highest BCUT2D eigenvalue weighted by Crippen LogP contribution is 2.45. The van der Waals surface area contributed by atoms with Crippen molar-refractivity contribution in [3.05, 3.63) is 64.5 Å². The SMILES string of the molecule is Cc1ccc(F)c(N2CC[C@@]3(CCc4cc(C(=O)NO)ccc4C3)C2=O)c1.S. The van der Waals surface area contributed by atoms with Crippen molar-refractivity contribution in [1.82, 2.24) is 5.48 Å². The summed E-state index contributed by atoms with van der Waals surface area (Å²) in [6.45, 7) is 2.40. The highest BCUT2D eigenvalue weighted by molar-refractivity contribution is 7.59. The number of nitrogens with zero attached hydrogens (tertiary/aromatic N) is 1. The topological polar surface area (TPSA) is 69.6 Å². The van der Waals surface area contributed by atoms with E-state index in [-0.39, 0.29) is 25.2 Å². The second kappa shape index (κ2) is 7.56. The van der Waals surface area contributed by atoms with Crippen LogP contribution in [-0.2, 0) is 17.6 Å². The van der Waals surface area contributed by atoms with Gasteiger partial charge in [0.1, 0.15) is 5.82 Å². The van der Waals surface area contributed by atoms with Gasteiger partial charge in [0.2, 0.25) is 5.91 Å². The number of benzene rings is 2. The first-order valence-electron chi connectivity index (χ1n) is 9.08. The van der Waals surface area contributed by atoms with Crippen LogP contribution in [0.3, 0.4) is 0 Å². The van der Waals surface area contributed by atoms with Crippen LogP contribution >= 0.6 is 13.5 Å². The van der Waals surface area contributed by atoms with E-state index in [0.717, 1.165) is 16.7 Å². The van der Waals surface area contributed by atoms with E-state index in [9.17, 15) is 14.0 Å². The molecule has 28 heavy (non-hydrogen) atoms. The van der Waals surface area contributed by atoms with E-state index in [0.29, 0.717) is 43.5 Å². The Morgan fingerprint density at radius 1 is 1.18 bits per heavy atom. The third-order valence-corrected chi connectivity index (χ3v) is 5.88. The number of fused-ring (bicyclic) bond motifs is 1. The zero-order valence-corrected chi connectivity index (χ0v) is 16.6. The van der Waals surface area contributed by atoms with Gasteiger partial charge in [-0.2, -0.15) is 13.5 Å². The number of carbonyl (C=O) groups excluding carboxylic acids is 2. The van der Waals surface area contributed by atoms with Crippen molar-refractivity contribution in [3.8, 4) is 0 Å². The number of hydrogen-bond acceptors (Lipinski definition) is 3. The van der Waals surface area contributed by atoms with Crippen LogP contribution in [0, 0.1) is 18.2 Å². The third-order valence-electron chi connectivity index (χ3n) is 5.88. The number of aryl methyl sites for hydroxylation is 2. The molecule has 2 aliphatic rings. The lowest BCUT2D eigenvalue weighted by molar-refractivity contribution is -0.126. The van der Waals surface area contributed by atoms with E-state index >= 15 is 0 Å². The zero-order chi connectivity index (χ0) is 19.2. The lowest BCUT2D eigenvalue weighted by Crippen LogP contribution is -2.39. The van der Waals surface area contributed by atoms with Crippen LogP contribution in [0.1, 0.15) is 39.9 Å². The van der Waals surface area contributed by atoms with Crippen LogP contribution in [0.4, 0.5) is 10.1 Å². The highest BCUT2D eigenvalue weighted by Gasteiger charge is 2.49. The van der Waals surface area contributed by atoms with Crippen molar-refractivity contribution in [2.45, 2.75) is 32.6 Å². The number of hydroxylamine groups is 1. The minimum Gasteiger partial charge on any atom is -0.309 e. The molecule has 0 bridgehead atoms. The lowest BCUT2D eigenvalue weighted by atomic mass is 9.70. The molecule has 1 saturated heterocycles. The van der Waals surface area contributed by atoms with Crippen LogP contribution in [-0.4, -0.2) is 23.6 Å². The van der Waals surface area contributed by atoms with E-state index in [2.05, 4.69) is 0 Å². The van der Waals surface area contributed by atoms with Gasteiger partial charge in [0.15, 0.2) is 0 Å². The van der Waals surface area contributed by atoms with E-state index in [1.54, 1.807) is 34.6 Å². The molecule has 0 aromatic heterocycles. The fourth-order valence-electron chi connectivity index (χ4n) is 4.34. The molecular formula is C21H23FN2O3S. The maximum absolute atomic E-state index is 14.3. The Kier molecular flexibility index (Phi) is 5.50. The summed E-state index contributed by atoms with van der Waals surface area (Å²) in [5.74, 6) is -0.937. The zero-order valence-electron chi connectivity index (χ0n) is 15.6. The number of rotatable bonds is 2. The van der Waals surface area contributed by atoms with Gasteiger partial charge in [-0.3, -0.25) is 14.8 Å². The van der Waals surface area contributed by atoms with Crippen LogP contribution in [0.25, 0.3) is 0 Å². The monoisotopic (exact) mass is 402 g/mol. The summed E-state index contributed by atoms with van der Waals surface area (Å²) < 4.78 is 14.3. The molecule has 2 N–H and O–H groups in total. The van der Waals surface area contributed by atoms with Gasteiger partial charge in [0, 0.05) is 12.1 Å². The van der Waals surface area contributed by atoms with Gasteiger partial charge in [-0.05, 0) is 73.6 Å². The maximum atomic E-state index is 14.3. The molecule has 2 aromatic rings. The summed E-state index contributed by atoms with van der Waals surface area (Å²) >= 11 is 0. The molecule has 1 fully saturated rings. The first-order chi connectivity index (χ1) is 12.9. The summed E-state index contributed by atoms with van der Waals surface area (Å²) in [6, 6.07) is 10.1. The van der Waals surface area contributed by atoms with Crippen molar-refractivity contribution in [2.75, 3.05) is 11.4 Å². The summed E-state index contributed by atoms with van der Waals surface area (Å²) in [6.07, 6.45) is 2.63. The predicted octanol–water partition coefficient (Wildman–Crippen LogP) is 3.28. The normalized spacial score (nSPS) is 20.7. The van der Waals surface area contributed by atoms with Crippen molar-refractivity contribution in [1.29, 1.82) is 0 Å². The Bertz CT molecular complexity index is 949. The number of carbonyl (C=O) groups is 2. The van der Waals surface area contributed by atoms with Crippen molar-refractivity contribution < 1.29 is 19.2 Å². The molecule has 0 radical (unpaired) electrons. The Balaban J connectivity index is 0.00000225. The molecule has 7 heteroatoms. The third kappa shape index (κ3) is 3.29. The second-order valence-corrected chi connectivity index (χ2v) is 7.54. The molecule has 5 nitrogen and oxygen atoms in total. The quantitative estimate of drug-likeness (QED) is 0.598. The summed E-state index contributed by atoms with van der Waals surface area (Å²) in [5.41, 5.74) is 4.87. The lowest BCUT2D eigenvalue weighted by Gasteiger charge is -2.33. The standard InChI is InChI=1S/C21H21FN2O3.H2S/c1-13-2-5-17(22)18(10-13)24-9-8-21(20(24)26)7-6-14-11-15(19(25)23-27)3-4-16(14)12-21;/h2-5,10-11,27H,6-9,12H2,1H3,(H,23,25);1H2/t21-;/m1./s1. The minimum atomic E-state index is -0.545. The van der Waals surface area contributed by atoms with Gasteiger partial charge in [-0.1, -0.05) is 12.1 Å². The number of anilines is 1. The molecule has 0 saturated carbocycles. The van der Waals surface area contributed by atoms with Crippen LogP contribution < -0.4 is 10.4 Å². The highest BCUT2D eigenvalue weighted by atomic mass is 32.1. The Hall–Kier alpha value is -2.38. The fourth-order valence-corrected chi connectivity index (χ4v) is 4.34. The van der Waals surface area contributed by atoms with E-state index < -0.39 is 11.3 Å². The van der Waals surface area contributed by atoms with Crippen molar-refractivity contribution >= 4 is 31.0 Å². The molecule has 1 atom stereocenters. The van der Waals surface area contributed by atoms with Gasteiger partial charge >= 0.3 is 0 Å². The number of amides is 2. The van der Waals surface area contributed by atoms with Crippen LogP contribution in [0.15, 0.2) is 36.4 Å². The van der Waals surface area contributed by atoms with Crippen molar-refractivity contribution in [3.63, 3.8) is 0 Å². The van der Waals surface area contributed by atoms with E-state index in [4.69, 9.17) is 5.21 Å². The van der Waals surface area contributed by atoms with E-state index in [1.807, 2.05) is 13.0 Å². The predicted molar refractivity (Wildman–Crippen MR) is 109 cm³/mol.